The van der Waals surface area contributed by atoms with Crippen molar-refractivity contribution in [1.29, 1.82) is 0 Å². The summed E-state index contributed by atoms with van der Waals surface area (Å²) in [5.41, 5.74) is 3.23. The molecule has 3 rings (SSSR count). The molecule has 0 saturated carbocycles. The highest BCUT2D eigenvalue weighted by Crippen LogP contribution is 2.25. The Morgan fingerprint density at radius 1 is 0.759 bits per heavy atom. The van der Waals surface area contributed by atoms with E-state index in [2.05, 4.69) is 0 Å². The van der Waals surface area contributed by atoms with Crippen molar-refractivity contribution in [2.24, 2.45) is 0 Å². The number of para-hydroxylation sites is 1. The molecule has 0 bridgehead atoms. The number of rotatable bonds is 7. The van der Waals surface area contributed by atoms with Crippen LogP contribution in [-0.4, -0.2) is 17.9 Å². The molecule has 0 aromatic heterocycles. The van der Waals surface area contributed by atoms with Gasteiger partial charge in [-0.25, -0.2) is 4.79 Å². The highest BCUT2D eigenvalue weighted by Gasteiger charge is 2.29. The summed E-state index contributed by atoms with van der Waals surface area (Å²) in [6.07, 6.45) is -1.89. The Morgan fingerprint density at radius 2 is 1.31 bits per heavy atom. The van der Waals surface area contributed by atoms with Crippen molar-refractivity contribution < 1.29 is 19.1 Å². The van der Waals surface area contributed by atoms with Crippen molar-refractivity contribution >= 4 is 11.8 Å². The van der Waals surface area contributed by atoms with Crippen LogP contribution >= 0.6 is 0 Å². The molecule has 0 saturated heterocycles. The standard InChI is InChI=1S/C25H24O4/c1-17-9-13-20(14-10-17)23(26)24(21-15-11-18(2)12-16-21)29-25(27)19(3)28-22-7-5-4-6-8-22/h4-16,19,24H,1-3H3/t19-,24-/m1/s1. The van der Waals surface area contributed by atoms with Crippen LogP contribution in [0.2, 0.25) is 0 Å². The van der Waals surface area contributed by atoms with E-state index in [-0.39, 0.29) is 5.78 Å². The number of Topliss-reactive ketones (excluding diaryl/α,β-unsaturated/α-hetero) is 1. The zero-order valence-corrected chi connectivity index (χ0v) is 16.8. The summed E-state index contributed by atoms with van der Waals surface area (Å²) in [7, 11) is 0. The second-order valence-electron chi connectivity index (χ2n) is 7.03. The summed E-state index contributed by atoms with van der Waals surface area (Å²) in [4.78, 5) is 25.8. The van der Waals surface area contributed by atoms with Gasteiger partial charge in [0, 0.05) is 11.1 Å². The van der Waals surface area contributed by atoms with Crippen molar-refractivity contribution in [3.8, 4) is 5.75 Å². The second-order valence-corrected chi connectivity index (χ2v) is 7.03. The molecular weight excluding hydrogens is 364 g/mol. The highest BCUT2D eigenvalue weighted by molar-refractivity contribution is 6.01. The number of carbonyl (C=O) groups excluding carboxylic acids is 2. The zero-order chi connectivity index (χ0) is 20.8. The summed E-state index contributed by atoms with van der Waals surface area (Å²) in [6.45, 7) is 5.52. The first-order valence-corrected chi connectivity index (χ1v) is 9.53. The molecule has 29 heavy (non-hydrogen) atoms. The number of hydrogen-bond donors (Lipinski definition) is 0. The van der Waals surface area contributed by atoms with Crippen LogP contribution in [-0.2, 0) is 9.53 Å². The molecule has 0 aliphatic rings. The molecule has 0 radical (unpaired) electrons. The van der Waals surface area contributed by atoms with Gasteiger partial charge in [-0.2, -0.15) is 0 Å². The van der Waals surface area contributed by atoms with E-state index < -0.39 is 18.2 Å². The number of ether oxygens (including phenoxy) is 2. The van der Waals surface area contributed by atoms with E-state index >= 15 is 0 Å². The van der Waals surface area contributed by atoms with Gasteiger partial charge in [-0.3, -0.25) is 4.79 Å². The lowest BCUT2D eigenvalue weighted by molar-refractivity contribution is -0.154. The van der Waals surface area contributed by atoms with Gasteiger partial charge in [0.2, 0.25) is 5.78 Å². The summed E-state index contributed by atoms with van der Waals surface area (Å²) in [5, 5.41) is 0. The predicted octanol–water partition coefficient (Wildman–Crippen LogP) is 5.24. The Morgan fingerprint density at radius 3 is 1.90 bits per heavy atom. The van der Waals surface area contributed by atoms with Crippen LogP contribution < -0.4 is 4.74 Å². The largest absolute Gasteiger partial charge is 0.479 e. The van der Waals surface area contributed by atoms with Gasteiger partial charge < -0.3 is 9.47 Å². The first-order chi connectivity index (χ1) is 13.9. The van der Waals surface area contributed by atoms with Gasteiger partial charge in [0.25, 0.3) is 0 Å². The van der Waals surface area contributed by atoms with Gasteiger partial charge in [-0.15, -0.1) is 0 Å². The van der Waals surface area contributed by atoms with Crippen molar-refractivity contribution in [3.63, 3.8) is 0 Å². The van der Waals surface area contributed by atoms with Crippen LogP contribution in [0.1, 0.15) is 40.1 Å². The minimum atomic E-state index is -1.03. The molecular formula is C25H24O4. The second kappa shape index (κ2) is 9.20. The van der Waals surface area contributed by atoms with E-state index in [9.17, 15) is 9.59 Å². The minimum absolute atomic E-state index is 0.269. The van der Waals surface area contributed by atoms with E-state index in [1.165, 1.54) is 0 Å². The van der Waals surface area contributed by atoms with Crippen LogP contribution in [0.4, 0.5) is 0 Å². The molecule has 0 N–H and O–H groups in total. The van der Waals surface area contributed by atoms with Gasteiger partial charge in [0.05, 0.1) is 0 Å². The molecule has 0 spiro atoms. The first-order valence-electron chi connectivity index (χ1n) is 9.53. The fraction of sp³-hybridized carbons (Fsp3) is 0.200. The number of carbonyl (C=O) groups is 2. The molecule has 148 valence electrons. The molecule has 2 atom stereocenters. The number of hydrogen-bond acceptors (Lipinski definition) is 4. The van der Waals surface area contributed by atoms with Crippen LogP contribution in [0.15, 0.2) is 78.9 Å². The monoisotopic (exact) mass is 388 g/mol. The molecule has 0 unspecified atom stereocenters. The van der Waals surface area contributed by atoms with Gasteiger partial charge >= 0.3 is 5.97 Å². The maximum absolute atomic E-state index is 13.1. The molecule has 3 aromatic rings. The van der Waals surface area contributed by atoms with Gasteiger partial charge in [-0.1, -0.05) is 77.9 Å². The molecule has 0 amide bonds. The normalized spacial score (nSPS) is 12.7. The first kappa shape index (κ1) is 20.3. The van der Waals surface area contributed by atoms with Crippen molar-refractivity contribution in [2.75, 3.05) is 0 Å². The van der Waals surface area contributed by atoms with E-state index in [0.717, 1.165) is 11.1 Å². The van der Waals surface area contributed by atoms with Crippen LogP contribution in [0.25, 0.3) is 0 Å². The summed E-state index contributed by atoms with van der Waals surface area (Å²) in [6, 6.07) is 23.7. The van der Waals surface area contributed by atoms with Crippen molar-refractivity contribution in [3.05, 3.63) is 101 Å². The smallest absolute Gasteiger partial charge is 0.348 e. The zero-order valence-electron chi connectivity index (χ0n) is 16.8. The van der Waals surface area contributed by atoms with Crippen molar-refractivity contribution in [2.45, 2.75) is 33.0 Å². The Hall–Kier alpha value is -3.40. The molecule has 3 aromatic carbocycles. The Kier molecular flexibility index (Phi) is 6.45. The lowest BCUT2D eigenvalue weighted by Crippen LogP contribution is -2.30. The maximum Gasteiger partial charge on any atom is 0.348 e. The van der Waals surface area contributed by atoms with E-state index in [1.807, 2.05) is 68.4 Å². The molecule has 0 heterocycles. The lowest BCUT2D eigenvalue weighted by atomic mass is 9.98. The van der Waals surface area contributed by atoms with Gasteiger partial charge in [-0.05, 0) is 32.9 Å². The van der Waals surface area contributed by atoms with E-state index in [0.29, 0.717) is 16.9 Å². The van der Waals surface area contributed by atoms with Gasteiger partial charge in [0.15, 0.2) is 12.2 Å². The highest BCUT2D eigenvalue weighted by atomic mass is 16.6. The summed E-state index contributed by atoms with van der Waals surface area (Å²) in [5.74, 6) is -0.303. The molecule has 0 aliphatic carbocycles. The summed E-state index contributed by atoms with van der Waals surface area (Å²) < 4.78 is 11.3. The van der Waals surface area contributed by atoms with Crippen LogP contribution in [0.3, 0.4) is 0 Å². The predicted molar refractivity (Wildman–Crippen MR) is 112 cm³/mol. The maximum atomic E-state index is 13.1. The quantitative estimate of drug-likeness (QED) is 0.410. The number of benzene rings is 3. The number of aryl methyl sites for hydroxylation is 2. The topological polar surface area (TPSA) is 52.6 Å². The molecule has 0 fully saturated rings. The minimum Gasteiger partial charge on any atom is -0.479 e. The fourth-order valence-electron chi connectivity index (χ4n) is 2.85. The molecule has 4 nitrogen and oxygen atoms in total. The summed E-state index contributed by atoms with van der Waals surface area (Å²) >= 11 is 0. The average molecular weight is 388 g/mol. The average Bonchev–Trinajstić information content (AvgIpc) is 2.73. The Balaban J connectivity index is 1.82. The SMILES string of the molecule is Cc1ccc(C(=O)[C@H](OC(=O)[C@@H](C)Oc2ccccc2)c2ccc(C)cc2)cc1. The lowest BCUT2D eigenvalue weighted by Gasteiger charge is -2.21. The van der Waals surface area contributed by atoms with E-state index in [1.54, 1.807) is 31.2 Å². The van der Waals surface area contributed by atoms with Crippen molar-refractivity contribution in [1.82, 2.24) is 0 Å². The Bertz CT molecular complexity index is 960. The number of esters is 1. The Labute approximate surface area is 171 Å². The van der Waals surface area contributed by atoms with Crippen LogP contribution in [0.5, 0.6) is 5.75 Å². The van der Waals surface area contributed by atoms with Crippen LogP contribution in [0, 0.1) is 13.8 Å². The third-order valence-corrected chi connectivity index (χ3v) is 4.58. The third kappa shape index (κ3) is 5.32. The molecule has 4 heteroatoms. The van der Waals surface area contributed by atoms with Gasteiger partial charge in [0.1, 0.15) is 5.75 Å². The number of ketones is 1. The fourth-order valence-corrected chi connectivity index (χ4v) is 2.85. The van der Waals surface area contributed by atoms with E-state index in [4.69, 9.17) is 9.47 Å². The molecule has 0 aliphatic heterocycles. The third-order valence-electron chi connectivity index (χ3n) is 4.58.